The molecule has 1 unspecified atom stereocenters. The summed E-state index contributed by atoms with van der Waals surface area (Å²) in [5.74, 6) is 0.908. The second-order valence-electron chi connectivity index (χ2n) is 3.22. The van der Waals surface area contributed by atoms with E-state index in [2.05, 4.69) is 18.2 Å². The minimum atomic E-state index is -0.0270. The summed E-state index contributed by atoms with van der Waals surface area (Å²) in [6.07, 6.45) is 4.11. The third-order valence-corrected chi connectivity index (χ3v) is 2.26. The van der Waals surface area contributed by atoms with Crippen LogP contribution < -0.4 is 15.2 Å². The quantitative estimate of drug-likeness (QED) is 0.649. The average molecular weight is 190 g/mol. The lowest BCUT2D eigenvalue weighted by Gasteiger charge is -2.03. The van der Waals surface area contributed by atoms with E-state index in [-0.39, 0.29) is 6.29 Å². The zero-order valence-corrected chi connectivity index (χ0v) is 8.49. The van der Waals surface area contributed by atoms with Crippen LogP contribution in [-0.4, -0.2) is 12.9 Å². The van der Waals surface area contributed by atoms with Crippen LogP contribution in [0, 0.1) is 0 Å². The number of benzene rings is 1. The van der Waals surface area contributed by atoms with E-state index >= 15 is 0 Å². The van der Waals surface area contributed by atoms with Gasteiger partial charge in [-0.05, 0) is 25.1 Å². The third kappa shape index (κ3) is 1.80. The number of hydrogen-bond donors (Lipinski definition) is 0. The van der Waals surface area contributed by atoms with Crippen molar-refractivity contribution < 1.29 is 9.47 Å². The van der Waals surface area contributed by atoms with Crippen molar-refractivity contribution >= 4 is 12.2 Å². The lowest BCUT2D eigenvalue weighted by molar-refractivity contribution is 0.178. The molecule has 1 heterocycles. The predicted octanol–water partition coefficient (Wildman–Crippen LogP) is 1.02. The first kappa shape index (κ1) is 9.28. The number of ether oxygens (including phenoxy) is 2. The smallest absolute Gasteiger partial charge is 0.223 e. The highest BCUT2D eigenvalue weighted by Gasteiger charge is 2.24. The van der Waals surface area contributed by atoms with Gasteiger partial charge in [-0.25, -0.2) is 0 Å². The Balaban J connectivity index is 2.48. The van der Waals surface area contributed by atoms with Gasteiger partial charge in [0.2, 0.25) is 6.29 Å². The SMILES string of the molecule is C/C=c1/cccc(OC2CO2)/c1=C/C. The maximum atomic E-state index is 5.62. The predicted molar refractivity (Wildman–Crippen MR) is 56.3 cm³/mol. The Kier molecular flexibility index (Phi) is 2.55. The summed E-state index contributed by atoms with van der Waals surface area (Å²) < 4.78 is 10.7. The van der Waals surface area contributed by atoms with Crippen LogP contribution in [0.2, 0.25) is 0 Å². The third-order valence-electron chi connectivity index (χ3n) is 2.26. The molecule has 0 amide bonds. The number of hydrogen-bond acceptors (Lipinski definition) is 2. The molecule has 74 valence electrons. The number of epoxide rings is 1. The molecule has 2 heteroatoms. The summed E-state index contributed by atoms with van der Waals surface area (Å²) in [4.78, 5) is 0. The summed E-state index contributed by atoms with van der Waals surface area (Å²) in [6.45, 7) is 4.76. The van der Waals surface area contributed by atoms with Crippen LogP contribution in [-0.2, 0) is 4.74 Å². The lowest BCUT2D eigenvalue weighted by atomic mass is 10.2. The summed E-state index contributed by atoms with van der Waals surface area (Å²) in [7, 11) is 0. The molecule has 0 aromatic heterocycles. The first-order chi connectivity index (χ1) is 6.85. The zero-order chi connectivity index (χ0) is 9.97. The van der Waals surface area contributed by atoms with Crippen molar-refractivity contribution in [3.8, 4) is 5.75 Å². The summed E-state index contributed by atoms with van der Waals surface area (Å²) in [5, 5.41) is 2.34. The Morgan fingerprint density at radius 2 is 2.14 bits per heavy atom. The van der Waals surface area contributed by atoms with E-state index in [4.69, 9.17) is 9.47 Å². The van der Waals surface area contributed by atoms with Crippen molar-refractivity contribution in [3.63, 3.8) is 0 Å². The molecular formula is C12H14O2. The summed E-state index contributed by atoms with van der Waals surface area (Å²) in [5.41, 5.74) is 0. The van der Waals surface area contributed by atoms with E-state index < -0.39 is 0 Å². The van der Waals surface area contributed by atoms with Crippen LogP contribution in [0.25, 0.3) is 12.2 Å². The normalized spacial score (nSPS) is 22.6. The number of rotatable bonds is 2. The van der Waals surface area contributed by atoms with Gasteiger partial charge in [-0.2, -0.15) is 0 Å². The van der Waals surface area contributed by atoms with Crippen LogP contribution in [0.15, 0.2) is 18.2 Å². The molecule has 0 spiro atoms. The Hall–Kier alpha value is -1.28. The van der Waals surface area contributed by atoms with Gasteiger partial charge in [0, 0.05) is 5.22 Å². The molecule has 1 aromatic rings. The molecule has 0 radical (unpaired) electrons. The summed E-state index contributed by atoms with van der Waals surface area (Å²) in [6, 6.07) is 6.06. The van der Waals surface area contributed by atoms with E-state index in [0.717, 1.165) is 11.0 Å². The molecule has 0 bridgehead atoms. The van der Waals surface area contributed by atoms with Crippen molar-refractivity contribution in [1.82, 2.24) is 0 Å². The van der Waals surface area contributed by atoms with E-state index in [1.165, 1.54) is 5.22 Å². The largest absolute Gasteiger partial charge is 0.462 e. The Morgan fingerprint density at radius 1 is 1.36 bits per heavy atom. The van der Waals surface area contributed by atoms with Crippen molar-refractivity contribution in [1.29, 1.82) is 0 Å². The van der Waals surface area contributed by atoms with Crippen LogP contribution in [0.1, 0.15) is 13.8 Å². The fraction of sp³-hybridized carbons (Fsp3) is 0.333. The molecular weight excluding hydrogens is 176 g/mol. The standard InChI is InChI=1S/C12H14O2/c1-3-9-6-5-7-11(10(9)4-2)14-12-8-13-12/h3-7,12H,8H2,1-2H3/b9-3-,10-4+. The van der Waals surface area contributed by atoms with E-state index in [1.807, 2.05) is 26.0 Å². The lowest BCUT2D eigenvalue weighted by Crippen LogP contribution is -2.26. The van der Waals surface area contributed by atoms with Gasteiger partial charge < -0.3 is 9.47 Å². The molecule has 1 atom stereocenters. The Morgan fingerprint density at radius 3 is 2.71 bits per heavy atom. The first-order valence-electron chi connectivity index (χ1n) is 4.85. The van der Waals surface area contributed by atoms with E-state index in [9.17, 15) is 0 Å². The van der Waals surface area contributed by atoms with Gasteiger partial charge >= 0.3 is 0 Å². The fourth-order valence-corrected chi connectivity index (χ4v) is 1.47. The van der Waals surface area contributed by atoms with Crippen molar-refractivity contribution in [2.24, 2.45) is 0 Å². The molecule has 0 saturated carbocycles. The molecule has 0 N–H and O–H groups in total. The molecule has 1 saturated heterocycles. The van der Waals surface area contributed by atoms with Crippen LogP contribution in [0.3, 0.4) is 0 Å². The highest BCUT2D eigenvalue weighted by Crippen LogP contribution is 2.13. The molecule has 14 heavy (non-hydrogen) atoms. The van der Waals surface area contributed by atoms with Crippen LogP contribution >= 0.6 is 0 Å². The van der Waals surface area contributed by atoms with Gasteiger partial charge in [-0.15, -0.1) is 0 Å². The minimum Gasteiger partial charge on any atom is -0.462 e. The molecule has 1 aliphatic rings. The van der Waals surface area contributed by atoms with Crippen molar-refractivity contribution in [3.05, 3.63) is 28.6 Å². The maximum absolute atomic E-state index is 5.62. The second-order valence-corrected chi connectivity index (χ2v) is 3.22. The molecule has 1 fully saturated rings. The van der Waals surface area contributed by atoms with Gasteiger partial charge in [-0.1, -0.05) is 24.3 Å². The average Bonchev–Trinajstić information content (AvgIpc) is 3.01. The van der Waals surface area contributed by atoms with Gasteiger partial charge in [-0.3, -0.25) is 0 Å². The van der Waals surface area contributed by atoms with Gasteiger partial charge in [0.15, 0.2) is 0 Å². The molecule has 2 nitrogen and oxygen atoms in total. The van der Waals surface area contributed by atoms with Crippen LogP contribution in [0.4, 0.5) is 0 Å². The minimum absolute atomic E-state index is 0.0270. The molecule has 0 aliphatic carbocycles. The fourth-order valence-electron chi connectivity index (χ4n) is 1.47. The van der Waals surface area contributed by atoms with Gasteiger partial charge in [0.1, 0.15) is 12.4 Å². The topological polar surface area (TPSA) is 21.8 Å². The maximum Gasteiger partial charge on any atom is 0.223 e. The van der Waals surface area contributed by atoms with E-state index in [1.54, 1.807) is 0 Å². The molecule has 1 aromatic carbocycles. The zero-order valence-electron chi connectivity index (χ0n) is 8.49. The van der Waals surface area contributed by atoms with Crippen molar-refractivity contribution in [2.75, 3.05) is 6.61 Å². The second kappa shape index (κ2) is 3.84. The van der Waals surface area contributed by atoms with E-state index in [0.29, 0.717) is 6.61 Å². The summed E-state index contributed by atoms with van der Waals surface area (Å²) >= 11 is 0. The Labute approximate surface area is 83.5 Å². The van der Waals surface area contributed by atoms with Gasteiger partial charge in [0.05, 0.1) is 0 Å². The molecule has 1 aliphatic heterocycles. The molecule has 2 rings (SSSR count). The van der Waals surface area contributed by atoms with Crippen molar-refractivity contribution in [2.45, 2.75) is 20.1 Å². The van der Waals surface area contributed by atoms with Crippen LogP contribution in [0.5, 0.6) is 5.75 Å². The highest BCUT2D eigenvalue weighted by molar-refractivity contribution is 5.37. The Bertz CT molecular complexity index is 430. The monoisotopic (exact) mass is 190 g/mol. The first-order valence-corrected chi connectivity index (χ1v) is 4.85. The van der Waals surface area contributed by atoms with Gasteiger partial charge in [0.25, 0.3) is 0 Å². The highest BCUT2D eigenvalue weighted by atomic mass is 16.8.